The number of carbonyl (C=O) groups is 5. The van der Waals surface area contributed by atoms with Crippen molar-refractivity contribution in [3.63, 3.8) is 0 Å². The molecule has 4 rings (SSSR count). The molecule has 4 N–H and O–H groups in total. The molecule has 1 unspecified atom stereocenters. The summed E-state index contributed by atoms with van der Waals surface area (Å²) in [6, 6.07) is 3.66. The number of carbonyl (C=O) groups excluding carboxylic acids is 5. The summed E-state index contributed by atoms with van der Waals surface area (Å²) >= 11 is 0. The summed E-state index contributed by atoms with van der Waals surface area (Å²) in [6.45, 7) is 15.3. The molecule has 0 aromatic heterocycles. The van der Waals surface area contributed by atoms with Crippen LogP contribution in [0.3, 0.4) is 0 Å². The van der Waals surface area contributed by atoms with Crippen LogP contribution in [0.4, 0.5) is 0 Å². The van der Waals surface area contributed by atoms with Gasteiger partial charge >= 0.3 is 0 Å². The van der Waals surface area contributed by atoms with Gasteiger partial charge in [-0.05, 0) is 66.4 Å². The third kappa shape index (κ3) is 10.1. The van der Waals surface area contributed by atoms with Gasteiger partial charge in [-0.25, -0.2) is 8.42 Å². The van der Waals surface area contributed by atoms with Gasteiger partial charge in [0.2, 0.25) is 33.5 Å². The van der Waals surface area contributed by atoms with Crippen LogP contribution in [0, 0.1) is 28.6 Å². The van der Waals surface area contributed by atoms with E-state index in [4.69, 9.17) is 0 Å². The number of benzene rings is 1. The van der Waals surface area contributed by atoms with Gasteiger partial charge in [0.15, 0.2) is 0 Å². The van der Waals surface area contributed by atoms with Crippen LogP contribution in [-0.2, 0) is 34.0 Å². The normalized spacial score (nSPS) is 22.2. The lowest BCUT2D eigenvalue weighted by Crippen LogP contribution is -2.63. The van der Waals surface area contributed by atoms with Crippen molar-refractivity contribution in [2.75, 3.05) is 13.1 Å². The Labute approximate surface area is 309 Å². The minimum atomic E-state index is -4.09. The molecule has 1 aromatic carbocycles. The zero-order chi connectivity index (χ0) is 38.4. The van der Waals surface area contributed by atoms with Crippen LogP contribution in [0.15, 0.2) is 47.9 Å². The molecule has 288 valence electrons. The Morgan fingerprint density at radius 3 is 2.17 bits per heavy atom. The smallest absolute Gasteiger partial charge is 0.289 e. The molecular formula is C39H59N5O7S. The molecule has 4 amide bonds. The Morgan fingerprint density at radius 2 is 1.62 bits per heavy atom. The molecule has 0 radical (unpaired) electrons. The molecule has 1 aromatic rings. The first-order valence-electron chi connectivity index (χ1n) is 18.8. The number of nitrogens with zero attached hydrogens (tertiary/aromatic N) is 1. The number of ketones is 1. The van der Waals surface area contributed by atoms with Crippen LogP contribution >= 0.6 is 0 Å². The molecule has 1 saturated heterocycles. The lowest BCUT2D eigenvalue weighted by molar-refractivity contribution is -0.146. The van der Waals surface area contributed by atoms with Crippen LogP contribution in [-0.4, -0.2) is 80.0 Å². The first-order valence-corrected chi connectivity index (χ1v) is 20.3. The number of hydrogen-bond donors (Lipinski definition) is 4. The molecule has 0 spiro atoms. The number of rotatable bonds is 16. The topological polar surface area (TPSA) is 171 Å². The zero-order valence-electron chi connectivity index (χ0n) is 31.7. The monoisotopic (exact) mass is 741 g/mol. The number of amides is 4. The van der Waals surface area contributed by atoms with Gasteiger partial charge in [-0.15, -0.1) is 6.58 Å². The minimum absolute atomic E-state index is 0.00715. The van der Waals surface area contributed by atoms with Gasteiger partial charge in [-0.2, -0.15) is 4.72 Å². The summed E-state index contributed by atoms with van der Waals surface area (Å²) in [4.78, 5) is 70.7. The van der Waals surface area contributed by atoms with Gasteiger partial charge in [-0.3, -0.25) is 24.0 Å². The Kier molecular flexibility index (Phi) is 13.5. The number of sulfonamides is 1. The third-order valence-electron chi connectivity index (χ3n) is 11.1. The summed E-state index contributed by atoms with van der Waals surface area (Å²) in [7, 11) is -4.09. The third-order valence-corrected chi connectivity index (χ3v) is 12.5. The second-order valence-corrected chi connectivity index (χ2v) is 18.4. The summed E-state index contributed by atoms with van der Waals surface area (Å²) in [5, 5.41) is 8.31. The molecular weight excluding hydrogens is 683 g/mol. The van der Waals surface area contributed by atoms with Crippen molar-refractivity contribution in [2.24, 2.45) is 28.6 Å². The average molecular weight is 742 g/mol. The summed E-state index contributed by atoms with van der Waals surface area (Å²) in [6.07, 6.45) is 8.09. The zero-order valence-corrected chi connectivity index (χ0v) is 32.5. The van der Waals surface area contributed by atoms with Crippen molar-refractivity contribution < 1.29 is 32.4 Å². The summed E-state index contributed by atoms with van der Waals surface area (Å²) in [5.41, 5.74) is -1.52. The Bertz CT molecular complexity index is 1580. The van der Waals surface area contributed by atoms with Gasteiger partial charge in [0.1, 0.15) is 18.1 Å². The largest absolute Gasteiger partial charge is 0.346 e. The molecule has 3 fully saturated rings. The van der Waals surface area contributed by atoms with E-state index in [1.807, 2.05) is 41.5 Å². The maximum Gasteiger partial charge on any atom is 0.289 e. The van der Waals surface area contributed by atoms with Gasteiger partial charge in [-0.1, -0.05) is 97.9 Å². The highest BCUT2D eigenvalue weighted by molar-refractivity contribution is 7.89. The van der Waals surface area contributed by atoms with Gasteiger partial charge < -0.3 is 20.9 Å². The van der Waals surface area contributed by atoms with Crippen LogP contribution < -0.4 is 20.7 Å². The first-order chi connectivity index (χ1) is 24.4. The van der Waals surface area contributed by atoms with Crippen molar-refractivity contribution in [2.45, 2.75) is 128 Å². The molecule has 13 heteroatoms. The molecule has 2 aliphatic carbocycles. The molecule has 52 heavy (non-hydrogen) atoms. The SMILES string of the molecule is C=CCNC(=O)C(=O)C(CC1CC1)NC(=O)[C@@H]1[C@@H](C(C)C)CCN1C(=O)[C@@H](NC(=O)[C@@H](NS(=O)(=O)c1ccccc1)C1(C)CCCCC1)C(C)(C)C. The highest BCUT2D eigenvalue weighted by Crippen LogP contribution is 2.40. The van der Waals surface area contributed by atoms with Gasteiger partial charge in [0, 0.05) is 13.1 Å². The van der Waals surface area contributed by atoms with E-state index in [0.717, 1.165) is 32.1 Å². The molecule has 1 heterocycles. The second-order valence-electron chi connectivity index (χ2n) is 16.7. The van der Waals surface area contributed by atoms with Crippen molar-refractivity contribution in [1.29, 1.82) is 0 Å². The molecule has 1 aliphatic heterocycles. The predicted octanol–water partition coefficient (Wildman–Crippen LogP) is 3.86. The fourth-order valence-electron chi connectivity index (χ4n) is 7.71. The summed E-state index contributed by atoms with van der Waals surface area (Å²) < 4.78 is 29.9. The van der Waals surface area contributed by atoms with E-state index in [-0.39, 0.29) is 35.7 Å². The van der Waals surface area contributed by atoms with E-state index in [1.54, 1.807) is 18.2 Å². The maximum absolute atomic E-state index is 14.7. The van der Waals surface area contributed by atoms with E-state index < -0.39 is 74.4 Å². The van der Waals surface area contributed by atoms with E-state index in [2.05, 4.69) is 27.3 Å². The average Bonchev–Trinajstić information content (AvgIpc) is 3.80. The number of likely N-dealkylation sites (tertiary alicyclic amines) is 1. The second kappa shape index (κ2) is 17.0. The van der Waals surface area contributed by atoms with E-state index >= 15 is 0 Å². The van der Waals surface area contributed by atoms with Crippen LogP contribution in [0.1, 0.15) is 99.3 Å². The number of nitrogens with one attached hydrogen (secondary N) is 4. The maximum atomic E-state index is 14.7. The van der Waals surface area contributed by atoms with Gasteiger partial charge in [0.05, 0.1) is 10.9 Å². The van der Waals surface area contributed by atoms with Crippen LogP contribution in [0.2, 0.25) is 0 Å². The Balaban J connectivity index is 1.62. The van der Waals surface area contributed by atoms with Crippen molar-refractivity contribution in [3.8, 4) is 0 Å². The van der Waals surface area contributed by atoms with Crippen LogP contribution in [0.5, 0.6) is 0 Å². The van der Waals surface area contributed by atoms with Crippen molar-refractivity contribution >= 4 is 39.4 Å². The fourth-order valence-corrected chi connectivity index (χ4v) is 9.06. The lowest BCUT2D eigenvalue weighted by atomic mass is 9.70. The Hall–Kier alpha value is -3.58. The Morgan fingerprint density at radius 1 is 0.981 bits per heavy atom. The number of hydrogen-bond acceptors (Lipinski definition) is 7. The van der Waals surface area contributed by atoms with E-state index in [1.165, 1.54) is 23.1 Å². The molecule has 2 saturated carbocycles. The van der Waals surface area contributed by atoms with Crippen LogP contribution in [0.25, 0.3) is 0 Å². The first kappa shape index (κ1) is 41.2. The standard InChI is InChI=1S/C39H59N5O7S/c1-8-22-40-35(47)31(45)29(24-26-17-18-26)41-34(46)30-28(25(2)3)19-23-44(30)37(49)33(38(4,5)6)42-36(48)32(39(7)20-13-10-14-21-39)43-52(50,51)27-15-11-9-12-16-27/h8-9,11-12,15-16,25-26,28-30,32-33,43H,1,10,13-14,17-24H2,2-7H3,(H,40,47)(H,41,46)(H,42,48)/t28-,29?,30+,32-,33-/m1/s1. The van der Waals surface area contributed by atoms with Crippen molar-refractivity contribution in [1.82, 2.24) is 25.6 Å². The highest BCUT2D eigenvalue weighted by Gasteiger charge is 2.50. The predicted molar refractivity (Wildman–Crippen MR) is 199 cm³/mol. The molecule has 3 aliphatic rings. The van der Waals surface area contributed by atoms with Crippen molar-refractivity contribution in [3.05, 3.63) is 43.0 Å². The minimum Gasteiger partial charge on any atom is -0.346 e. The quantitative estimate of drug-likeness (QED) is 0.147. The summed E-state index contributed by atoms with van der Waals surface area (Å²) in [5.74, 6) is -3.12. The molecule has 5 atom stereocenters. The number of Topliss-reactive ketones (excluding diaryl/α,β-unsaturated/α-hetero) is 1. The fraction of sp³-hybridized carbons (Fsp3) is 0.667. The molecule has 12 nitrogen and oxygen atoms in total. The molecule has 0 bridgehead atoms. The van der Waals surface area contributed by atoms with Gasteiger partial charge in [0.25, 0.3) is 5.91 Å². The van der Waals surface area contributed by atoms with E-state index in [9.17, 15) is 32.4 Å². The lowest BCUT2D eigenvalue weighted by Gasteiger charge is -2.42. The highest BCUT2D eigenvalue weighted by atomic mass is 32.2. The van der Waals surface area contributed by atoms with E-state index in [0.29, 0.717) is 25.7 Å².